The van der Waals surface area contributed by atoms with Crippen molar-refractivity contribution in [1.29, 1.82) is 0 Å². The lowest BCUT2D eigenvalue weighted by Gasteiger charge is -2.13. The topological polar surface area (TPSA) is 9.23 Å². The van der Waals surface area contributed by atoms with E-state index in [1.54, 1.807) is 0 Å². The second-order valence-electron chi connectivity index (χ2n) is 4.28. The van der Waals surface area contributed by atoms with Crippen molar-refractivity contribution in [1.82, 2.24) is 0 Å². The van der Waals surface area contributed by atoms with Crippen molar-refractivity contribution in [2.45, 2.75) is 38.0 Å². The molecule has 1 aliphatic heterocycles. The smallest absolute Gasteiger partial charge is 0.144 e. The lowest BCUT2D eigenvalue weighted by molar-refractivity contribution is 0.284. The molecule has 2 heteroatoms. The van der Waals surface area contributed by atoms with Crippen molar-refractivity contribution in [3.05, 3.63) is 29.8 Å². The number of ether oxygens (including phenoxy) is 1. The van der Waals surface area contributed by atoms with Gasteiger partial charge in [0.2, 0.25) is 0 Å². The largest absolute Gasteiger partial charge is 0.480 e. The molecule has 1 atom stereocenters. The molecule has 0 aromatic heterocycles. The van der Waals surface area contributed by atoms with Crippen LogP contribution in [0.25, 0.3) is 0 Å². The summed E-state index contributed by atoms with van der Waals surface area (Å²) in [5.41, 5.74) is 1.76. The van der Waals surface area contributed by atoms with Crippen molar-refractivity contribution in [3.8, 4) is 5.75 Å². The van der Waals surface area contributed by atoms with E-state index >= 15 is 0 Å². The molecule has 82 valence electrons. The van der Waals surface area contributed by atoms with Gasteiger partial charge in [-0.05, 0) is 42.2 Å². The minimum absolute atomic E-state index is 0.384. The monoisotopic (exact) mass is 222 g/mol. The first-order chi connectivity index (χ1) is 7.25. The van der Waals surface area contributed by atoms with Crippen LogP contribution < -0.4 is 4.74 Å². The molecule has 0 aliphatic carbocycles. The summed E-state index contributed by atoms with van der Waals surface area (Å²) in [6, 6.07) is 8.52. The first-order valence-electron chi connectivity index (χ1n) is 5.64. The summed E-state index contributed by atoms with van der Waals surface area (Å²) in [6.45, 7) is 4.42. The SMILES string of the molecule is CC(C)c1ccc(OC2CCCS2)cc1. The Morgan fingerprint density at radius 1 is 1.27 bits per heavy atom. The van der Waals surface area contributed by atoms with Crippen LogP contribution in [0, 0.1) is 0 Å². The van der Waals surface area contributed by atoms with E-state index < -0.39 is 0 Å². The molecule has 0 bridgehead atoms. The molecular formula is C13H18OS. The predicted molar refractivity (Wildman–Crippen MR) is 66.6 cm³/mol. The molecule has 0 radical (unpaired) electrons. The van der Waals surface area contributed by atoms with E-state index in [0.29, 0.717) is 11.4 Å². The third kappa shape index (κ3) is 2.91. The van der Waals surface area contributed by atoms with Crippen LogP contribution in [0.15, 0.2) is 24.3 Å². The van der Waals surface area contributed by atoms with E-state index in [0.717, 1.165) is 5.75 Å². The molecule has 1 saturated heterocycles. The van der Waals surface area contributed by atoms with Gasteiger partial charge in [-0.15, -0.1) is 11.8 Å². The maximum absolute atomic E-state index is 5.87. The van der Waals surface area contributed by atoms with Crippen LogP contribution in [0.3, 0.4) is 0 Å². The van der Waals surface area contributed by atoms with E-state index in [1.165, 1.54) is 24.2 Å². The number of thioether (sulfide) groups is 1. The van der Waals surface area contributed by atoms with Crippen molar-refractivity contribution < 1.29 is 4.74 Å². The molecule has 1 aromatic rings. The highest BCUT2D eigenvalue weighted by molar-refractivity contribution is 8.00. The van der Waals surface area contributed by atoms with E-state index in [9.17, 15) is 0 Å². The number of rotatable bonds is 3. The Bertz CT molecular complexity index is 299. The molecule has 1 nitrogen and oxygen atoms in total. The van der Waals surface area contributed by atoms with Crippen LogP contribution in [-0.2, 0) is 0 Å². The van der Waals surface area contributed by atoms with Crippen LogP contribution in [0.1, 0.15) is 38.2 Å². The average molecular weight is 222 g/mol. The van der Waals surface area contributed by atoms with Crippen molar-refractivity contribution in [2.24, 2.45) is 0 Å². The first-order valence-corrected chi connectivity index (χ1v) is 6.69. The zero-order valence-electron chi connectivity index (χ0n) is 9.40. The van der Waals surface area contributed by atoms with Gasteiger partial charge in [0.05, 0.1) is 0 Å². The van der Waals surface area contributed by atoms with Gasteiger partial charge in [-0.25, -0.2) is 0 Å². The Balaban J connectivity index is 1.97. The molecule has 0 saturated carbocycles. The van der Waals surface area contributed by atoms with Gasteiger partial charge < -0.3 is 4.74 Å². The van der Waals surface area contributed by atoms with E-state index in [1.807, 2.05) is 11.8 Å². The van der Waals surface area contributed by atoms with Gasteiger partial charge in [0.25, 0.3) is 0 Å². The zero-order chi connectivity index (χ0) is 10.7. The summed E-state index contributed by atoms with van der Waals surface area (Å²) in [4.78, 5) is 0. The summed E-state index contributed by atoms with van der Waals surface area (Å²) in [5, 5.41) is 0. The Kier molecular flexibility index (Phi) is 3.57. The summed E-state index contributed by atoms with van der Waals surface area (Å²) >= 11 is 1.93. The highest BCUT2D eigenvalue weighted by Crippen LogP contribution is 2.29. The number of hydrogen-bond acceptors (Lipinski definition) is 2. The minimum Gasteiger partial charge on any atom is -0.480 e. The van der Waals surface area contributed by atoms with Gasteiger partial charge in [0, 0.05) is 0 Å². The fraction of sp³-hybridized carbons (Fsp3) is 0.538. The van der Waals surface area contributed by atoms with Crippen molar-refractivity contribution >= 4 is 11.8 Å². The average Bonchev–Trinajstić information content (AvgIpc) is 2.71. The summed E-state index contributed by atoms with van der Waals surface area (Å²) in [5.74, 6) is 2.85. The van der Waals surface area contributed by atoms with Gasteiger partial charge >= 0.3 is 0 Å². The molecule has 1 heterocycles. The molecule has 2 rings (SSSR count). The fourth-order valence-corrected chi connectivity index (χ4v) is 2.83. The summed E-state index contributed by atoms with van der Waals surface area (Å²) < 4.78 is 5.87. The molecule has 1 aliphatic rings. The highest BCUT2D eigenvalue weighted by atomic mass is 32.2. The van der Waals surface area contributed by atoms with E-state index in [-0.39, 0.29) is 0 Å². The van der Waals surface area contributed by atoms with Crippen molar-refractivity contribution in [3.63, 3.8) is 0 Å². The molecule has 1 unspecified atom stereocenters. The second-order valence-corrected chi connectivity index (χ2v) is 5.55. The number of hydrogen-bond donors (Lipinski definition) is 0. The van der Waals surface area contributed by atoms with E-state index in [4.69, 9.17) is 4.74 Å². The van der Waals surface area contributed by atoms with Crippen molar-refractivity contribution in [2.75, 3.05) is 5.75 Å². The summed E-state index contributed by atoms with van der Waals surface area (Å²) in [7, 11) is 0. The third-order valence-corrected chi connectivity index (χ3v) is 3.93. The lowest BCUT2D eigenvalue weighted by Crippen LogP contribution is -2.06. The normalized spacial score (nSPS) is 20.9. The fourth-order valence-electron chi connectivity index (χ4n) is 1.72. The van der Waals surface area contributed by atoms with Gasteiger partial charge in [-0.3, -0.25) is 0 Å². The lowest BCUT2D eigenvalue weighted by atomic mass is 10.0. The Labute approximate surface area is 96.2 Å². The van der Waals surface area contributed by atoms with Crippen LogP contribution in [0.5, 0.6) is 5.75 Å². The van der Waals surface area contributed by atoms with Crippen LogP contribution in [0.2, 0.25) is 0 Å². The molecule has 15 heavy (non-hydrogen) atoms. The Morgan fingerprint density at radius 3 is 2.53 bits per heavy atom. The first kappa shape index (κ1) is 10.9. The molecule has 1 aromatic carbocycles. The zero-order valence-corrected chi connectivity index (χ0v) is 10.2. The molecular weight excluding hydrogens is 204 g/mol. The number of benzene rings is 1. The molecule has 1 fully saturated rings. The standard InChI is InChI=1S/C13H18OS/c1-10(2)11-5-7-12(8-6-11)14-13-4-3-9-15-13/h5-8,10,13H,3-4,9H2,1-2H3. The Hall–Kier alpha value is -0.630. The maximum atomic E-state index is 5.87. The van der Waals surface area contributed by atoms with Gasteiger partial charge in [0.15, 0.2) is 0 Å². The highest BCUT2D eigenvalue weighted by Gasteiger charge is 2.16. The molecule has 0 N–H and O–H groups in total. The summed E-state index contributed by atoms with van der Waals surface area (Å²) in [6.07, 6.45) is 2.48. The Morgan fingerprint density at radius 2 is 2.00 bits per heavy atom. The van der Waals surface area contributed by atoms with Crippen LogP contribution in [0.4, 0.5) is 0 Å². The third-order valence-electron chi connectivity index (χ3n) is 2.70. The predicted octanol–water partition coefficient (Wildman–Crippen LogP) is 4.04. The van der Waals surface area contributed by atoms with Gasteiger partial charge in [-0.2, -0.15) is 0 Å². The van der Waals surface area contributed by atoms with Gasteiger partial charge in [-0.1, -0.05) is 26.0 Å². The quantitative estimate of drug-likeness (QED) is 0.763. The maximum Gasteiger partial charge on any atom is 0.144 e. The van der Waals surface area contributed by atoms with Gasteiger partial charge in [0.1, 0.15) is 11.2 Å². The molecule has 0 amide bonds. The molecule has 0 spiro atoms. The minimum atomic E-state index is 0.384. The second kappa shape index (κ2) is 4.93. The van der Waals surface area contributed by atoms with E-state index in [2.05, 4.69) is 38.1 Å². The van der Waals surface area contributed by atoms with Crippen LogP contribution >= 0.6 is 11.8 Å². The van der Waals surface area contributed by atoms with Crippen LogP contribution in [-0.4, -0.2) is 11.2 Å².